The van der Waals surface area contributed by atoms with Gasteiger partial charge in [-0.1, -0.05) is 5.16 Å². The number of hydrogen-bond donors (Lipinski definition) is 1. The predicted molar refractivity (Wildman–Crippen MR) is 50.3 cm³/mol. The van der Waals surface area contributed by atoms with E-state index in [0.717, 1.165) is 18.1 Å². The summed E-state index contributed by atoms with van der Waals surface area (Å²) >= 11 is 0. The van der Waals surface area contributed by atoms with Crippen LogP contribution in [0.4, 0.5) is 0 Å². The van der Waals surface area contributed by atoms with Gasteiger partial charge in [-0.05, 0) is 0 Å². The topological polar surface area (TPSA) is 55.9 Å². The van der Waals surface area contributed by atoms with Gasteiger partial charge < -0.3 is 14.4 Å². The van der Waals surface area contributed by atoms with Crippen LogP contribution in [0.15, 0.2) is 29.2 Å². The third-order valence-electron chi connectivity index (χ3n) is 2.00. The maximum Gasteiger partial charge on any atom is 0.124 e. The third-order valence-corrected chi connectivity index (χ3v) is 2.00. The second kappa shape index (κ2) is 4.06. The summed E-state index contributed by atoms with van der Waals surface area (Å²) in [6, 6.07) is 1.84. The van der Waals surface area contributed by atoms with Gasteiger partial charge in [0.15, 0.2) is 0 Å². The lowest BCUT2D eigenvalue weighted by Gasteiger charge is -2.02. The van der Waals surface area contributed by atoms with E-state index in [-0.39, 0.29) is 0 Å². The summed E-state index contributed by atoms with van der Waals surface area (Å²) in [5, 5.41) is 7.02. The van der Waals surface area contributed by atoms with E-state index >= 15 is 0 Å². The van der Waals surface area contributed by atoms with Crippen molar-refractivity contribution in [3.63, 3.8) is 0 Å². The number of aryl methyl sites for hydroxylation is 1. The maximum absolute atomic E-state index is 4.72. The molecule has 0 aliphatic carbocycles. The summed E-state index contributed by atoms with van der Waals surface area (Å²) in [6.45, 7) is 1.43. The standard InChI is InChI=1S/C9H12N4O/c1-13-4-3-11-9(13)7-10-6-8-2-5-14-12-8/h2-5,10H,6-7H2,1H3. The van der Waals surface area contributed by atoms with Gasteiger partial charge in [0.2, 0.25) is 0 Å². The molecule has 5 heteroatoms. The number of hydrogen-bond acceptors (Lipinski definition) is 4. The lowest BCUT2D eigenvalue weighted by Crippen LogP contribution is -2.15. The number of rotatable bonds is 4. The fraction of sp³-hybridized carbons (Fsp3) is 0.333. The molecule has 0 spiro atoms. The molecule has 14 heavy (non-hydrogen) atoms. The second-order valence-corrected chi connectivity index (χ2v) is 3.05. The summed E-state index contributed by atoms with van der Waals surface area (Å²) in [4.78, 5) is 4.19. The van der Waals surface area contributed by atoms with Gasteiger partial charge in [-0.15, -0.1) is 0 Å². The smallest absolute Gasteiger partial charge is 0.124 e. The lowest BCUT2D eigenvalue weighted by atomic mass is 10.4. The summed E-state index contributed by atoms with van der Waals surface area (Å²) in [5.74, 6) is 1.01. The van der Waals surface area contributed by atoms with Crippen LogP contribution in [-0.4, -0.2) is 14.7 Å². The fourth-order valence-electron chi connectivity index (χ4n) is 1.20. The molecule has 0 amide bonds. The van der Waals surface area contributed by atoms with Crippen molar-refractivity contribution in [3.05, 3.63) is 36.2 Å². The first-order valence-electron chi connectivity index (χ1n) is 4.42. The van der Waals surface area contributed by atoms with Crippen molar-refractivity contribution in [1.82, 2.24) is 20.0 Å². The Morgan fingerprint density at radius 1 is 1.50 bits per heavy atom. The summed E-state index contributed by atoms with van der Waals surface area (Å²) in [5.41, 5.74) is 0.902. The highest BCUT2D eigenvalue weighted by molar-refractivity contribution is 4.95. The minimum Gasteiger partial charge on any atom is -0.364 e. The van der Waals surface area contributed by atoms with Crippen LogP contribution in [-0.2, 0) is 20.1 Å². The SMILES string of the molecule is Cn1ccnc1CNCc1ccon1. The molecule has 0 aliphatic heterocycles. The molecule has 0 saturated carbocycles. The molecule has 0 fully saturated rings. The van der Waals surface area contributed by atoms with Crippen molar-refractivity contribution in [2.75, 3.05) is 0 Å². The molecule has 74 valence electrons. The van der Waals surface area contributed by atoms with E-state index in [1.54, 1.807) is 12.5 Å². The average Bonchev–Trinajstić information content (AvgIpc) is 2.78. The third kappa shape index (κ3) is 2.00. The van der Waals surface area contributed by atoms with E-state index in [1.807, 2.05) is 23.9 Å². The van der Waals surface area contributed by atoms with Crippen LogP contribution in [0.1, 0.15) is 11.5 Å². The van der Waals surface area contributed by atoms with Crippen molar-refractivity contribution >= 4 is 0 Å². The Morgan fingerprint density at radius 2 is 2.43 bits per heavy atom. The molecule has 1 N–H and O–H groups in total. The molecule has 5 nitrogen and oxygen atoms in total. The van der Waals surface area contributed by atoms with Crippen molar-refractivity contribution < 1.29 is 4.52 Å². The van der Waals surface area contributed by atoms with E-state index in [1.165, 1.54) is 0 Å². The first-order valence-corrected chi connectivity index (χ1v) is 4.42. The largest absolute Gasteiger partial charge is 0.364 e. The van der Waals surface area contributed by atoms with Crippen LogP contribution in [0.25, 0.3) is 0 Å². The molecule has 0 atom stereocenters. The van der Waals surface area contributed by atoms with Crippen molar-refractivity contribution in [1.29, 1.82) is 0 Å². The van der Waals surface area contributed by atoms with Gasteiger partial charge in [0.1, 0.15) is 12.1 Å². The molecule has 2 heterocycles. The normalized spacial score (nSPS) is 10.6. The maximum atomic E-state index is 4.72. The van der Waals surface area contributed by atoms with Crippen molar-refractivity contribution in [2.24, 2.45) is 7.05 Å². The molecule has 0 aliphatic rings. The molecule has 0 bridgehead atoms. The summed E-state index contributed by atoms with van der Waals surface area (Å²) in [7, 11) is 1.97. The van der Waals surface area contributed by atoms with E-state index in [0.29, 0.717) is 6.54 Å². The molecule has 0 saturated heterocycles. The quantitative estimate of drug-likeness (QED) is 0.774. The Bertz CT molecular complexity index is 379. The number of nitrogens with zero attached hydrogens (tertiary/aromatic N) is 3. The van der Waals surface area contributed by atoms with Crippen LogP contribution in [0, 0.1) is 0 Å². The van der Waals surface area contributed by atoms with Gasteiger partial charge >= 0.3 is 0 Å². The lowest BCUT2D eigenvalue weighted by molar-refractivity contribution is 0.408. The average molecular weight is 192 g/mol. The van der Waals surface area contributed by atoms with Crippen LogP contribution in [0.3, 0.4) is 0 Å². The minimum atomic E-state index is 0.698. The molecule has 2 rings (SSSR count). The summed E-state index contributed by atoms with van der Waals surface area (Å²) < 4.78 is 6.70. The van der Waals surface area contributed by atoms with Gasteiger partial charge in [0.25, 0.3) is 0 Å². The van der Waals surface area contributed by atoms with Crippen LogP contribution in [0.2, 0.25) is 0 Å². The van der Waals surface area contributed by atoms with Gasteiger partial charge in [-0.3, -0.25) is 0 Å². The van der Waals surface area contributed by atoms with Crippen molar-refractivity contribution in [3.8, 4) is 0 Å². The zero-order chi connectivity index (χ0) is 9.80. The predicted octanol–water partition coefficient (Wildman–Crippen LogP) is 0.698. The zero-order valence-corrected chi connectivity index (χ0v) is 7.97. The van der Waals surface area contributed by atoms with Crippen LogP contribution >= 0.6 is 0 Å². The molecule has 0 aromatic carbocycles. The molecule has 0 radical (unpaired) electrons. The Kier molecular flexibility index (Phi) is 2.60. The molecular weight excluding hydrogens is 180 g/mol. The monoisotopic (exact) mass is 192 g/mol. The number of imidazole rings is 1. The van der Waals surface area contributed by atoms with Gasteiger partial charge in [0, 0.05) is 32.1 Å². The molecule has 0 unspecified atom stereocenters. The molecular formula is C9H12N4O. The first kappa shape index (κ1) is 8.96. The Labute approximate surface area is 81.7 Å². The van der Waals surface area contributed by atoms with E-state index in [2.05, 4.69) is 15.5 Å². The highest BCUT2D eigenvalue weighted by atomic mass is 16.5. The van der Waals surface area contributed by atoms with Crippen LogP contribution in [0.5, 0.6) is 0 Å². The van der Waals surface area contributed by atoms with E-state index in [9.17, 15) is 0 Å². The Morgan fingerprint density at radius 3 is 3.07 bits per heavy atom. The van der Waals surface area contributed by atoms with E-state index in [4.69, 9.17) is 4.52 Å². The van der Waals surface area contributed by atoms with E-state index < -0.39 is 0 Å². The highest BCUT2D eigenvalue weighted by Gasteiger charge is 1.99. The first-order chi connectivity index (χ1) is 6.86. The van der Waals surface area contributed by atoms with Crippen molar-refractivity contribution in [2.45, 2.75) is 13.1 Å². The summed E-state index contributed by atoms with van der Waals surface area (Å²) in [6.07, 6.45) is 5.28. The van der Waals surface area contributed by atoms with Gasteiger partial charge in [-0.25, -0.2) is 4.98 Å². The zero-order valence-electron chi connectivity index (χ0n) is 7.97. The van der Waals surface area contributed by atoms with Crippen LogP contribution < -0.4 is 5.32 Å². The molecule has 2 aromatic heterocycles. The van der Waals surface area contributed by atoms with Gasteiger partial charge in [0.05, 0.1) is 12.2 Å². The Balaban J connectivity index is 1.81. The second-order valence-electron chi connectivity index (χ2n) is 3.05. The minimum absolute atomic E-state index is 0.698. The Hall–Kier alpha value is -1.62. The number of aromatic nitrogens is 3. The fourth-order valence-corrected chi connectivity index (χ4v) is 1.20. The number of nitrogens with one attached hydrogen (secondary N) is 1. The highest BCUT2D eigenvalue weighted by Crippen LogP contribution is 1.96. The molecule has 2 aromatic rings. The van der Waals surface area contributed by atoms with Gasteiger partial charge in [-0.2, -0.15) is 0 Å².